The van der Waals surface area contributed by atoms with Crippen LogP contribution in [0.2, 0.25) is 0 Å². The van der Waals surface area contributed by atoms with Crippen molar-refractivity contribution in [1.82, 2.24) is 5.06 Å². The summed E-state index contributed by atoms with van der Waals surface area (Å²) < 4.78 is 0. The van der Waals surface area contributed by atoms with Gasteiger partial charge in [0.15, 0.2) is 0 Å². The van der Waals surface area contributed by atoms with Crippen LogP contribution in [0.25, 0.3) is 0 Å². The maximum atomic E-state index is 12.4. The zero-order valence-electron chi connectivity index (χ0n) is 11.1. The molecule has 0 fully saturated rings. The highest BCUT2D eigenvalue weighted by Gasteiger charge is 2.27. The van der Waals surface area contributed by atoms with Gasteiger partial charge >= 0.3 is 0 Å². The monoisotopic (exact) mass is 236 g/mol. The van der Waals surface area contributed by atoms with Crippen molar-refractivity contribution in [3.05, 3.63) is 41.1 Å². The third-order valence-corrected chi connectivity index (χ3v) is 3.01. The number of hydrogen-bond donors (Lipinski definition) is 1. The first-order chi connectivity index (χ1) is 7.90. The molecule has 1 atom stereocenters. The van der Waals surface area contributed by atoms with E-state index in [2.05, 4.69) is 0 Å². The van der Waals surface area contributed by atoms with Gasteiger partial charge in [0.05, 0.1) is 6.61 Å². The van der Waals surface area contributed by atoms with Crippen molar-refractivity contribution in [3.63, 3.8) is 0 Å². The van der Waals surface area contributed by atoms with Crippen molar-refractivity contribution < 1.29 is 5.11 Å². The molecule has 0 saturated heterocycles. The minimum absolute atomic E-state index is 0.146. The van der Waals surface area contributed by atoms with Gasteiger partial charge in [-0.3, -0.25) is 0 Å². The average Bonchev–Trinajstić information content (AvgIpc) is 2.30. The Morgan fingerprint density at radius 1 is 1.24 bits per heavy atom. The van der Waals surface area contributed by atoms with E-state index in [1.54, 1.807) is 13.8 Å². The van der Waals surface area contributed by atoms with Crippen molar-refractivity contribution in [2.45, 2.75) is 39.3 Å². The first-order valence-corrected chi connectivity index (χ1v) is 6.02. The van der Waals surface area contributed by atoms with E-state index in [9.17, 15) is 10.3 Å². The number of hydroxylamine groups is 2. The fourth-order valence-corrected chi connectivity index (χ4v) is 1.89. The number of hydrogen-bond acceptors (Lipinski definition) is 3. The van der Waals surface area contributed by atoms with E-state index in [-0.39, 0.29) is 18.6 Å². The fourth-order valence-electron chi connectivity index (χ4n) is 1.89. The number of rotatable bonds is 5. The van der Waals surface area contributed by atoms with E-state index in [1.807, 2.05) is 44.2 Å². The molecule has 0 aromatic heterocycles. The van der Waals surface area contributed by atoms with E-state index in [0.29, 0.717) is 0 Å². The second kappa shape index (κ2) is 5.63. The Morgan fingerprint density at radius 3 is 2.18 bits per heavy atom. The lowest BCUT2D eigenvalue weighted by Gasteiger charge is -2.50. The summed E-state index contributed by atoms with van der Waals surface area (Å²) in [6.45, 7) is 7.43. The van der Waals surface area contributed by atoms with Crippen LogP contribution in [-0.2, 0) is 0 Å². The molecule has 1 unspecified atom stereocenters. The Labute approximate surface area is 104 Å². The Balaban J connectivity index is 3.03. The van der Waals surface area contributed by atoms with Crippen LogP contribution < -0.4 is 0 Å². The molecule has 1 aromatic rings. The predicted molar refractivity (Wildman–Crippen MR) is 70.4 cm³/mol. The SMILES string of the molecule is CC(C)C(c1ccccc1)N([O-])C(C)(C)CO. The number of nitrogens with zero attached hydrogens (tertiary/aromatic N) is 1. The standard InChI is InChI=1S/C14H22NO2/c1-11(2)13(12-8-6-5-7-9-12)15(17)14(3,4)10-16/h5-9,11,13,16H,10H2,1-4H3/q-1. The van der Waals surface area contributed by atoms with Crippen LogP contribution in [0.5, 0.6) is 0 Å². The summed E-state index contributed by atoms with van der Waals surface area (Å²) in [6, 6.07) is 9.51. The average molecular weight is 236 g/mol. The van der Waals surface area contributed by atoms with Crippen molar-refractivity contribution >= 4 is 0 Å². The molecule has 0 radical (unpaired) electrons. The first-order valence-electron chi connectivity index (χ1n) is 6.02. The van der Waals surface area contributed by atoms with Crippen LogP contribution in [0.1, 0.15) is 39.3 Å². The summed E-state index contributed by atoms with van der Waals surface area (Å²) in [4.78, 5) is 0. The molecular weight excluding hydrogens is 214 g/mol. The molecule has 1 rings (SSSR count). The van der Waals surface area contributed by atoms with Gasteiger partial charge in [-0.05, 0) is 25.3 Å². The number of benzene rings is 1. The second-order valence-corrected chi connectivity index (χ2v) is 5.40. The highest BCUT2D eigenvalue weighted by atomic mass is 16.5. The van der Waals surface area contributed by atoms with Crippen molar-refractivity contribution in [3.8, 4) is 0 Å². The highest BCUT2D eigenvalue weighted by molar-refractivity contribution is 5.20. The zero-order valence-corrected chi connectivity index (χ0v) is 11.1. The second-order valence-electron chi connectivity index (χ2n) is 5.40. The molecule has 1 aromatic carbocycles. The maximum Gasteiger partial charge on any atom is 0.0601 e. The van der Waals surface area contributed by atoms with E-state index in [0.717, 1.165) is 10.6 Å². The molecule has 0 bridgehead atoms. The van der Waals surface area contributed by atoms with Crippen LogP contribution in [0.15, 0.2) is 30.3 Å². The third kappa shape index (κ3) is 3.28. The molecule has 3 nitrogen and oxygen atoms in total. The lowest BCUT2D eigenvalue weighted by molar-refractivity contribution is 0.0467. The van der Waals surface area contributed by atoms with Gasteiger partial charge < -0.3 is 15.4 Å². The van der Waals surface area contributed by atoms with Crippen molar-refractivity contribution in [2.24, 2.45) is 5.92 Å². The number of aliphatic hydroxyl groups excluding tert-OH is 1. The third-order valence-electron chi connectivity index (χ3n) is 3.01. The molecule has 3 heteroatoms. The summed E-state index contributed by atoms with van der Waals surface area (Å²) in [7, 11) is 0. The smallest absolute Gasteiger partial charge is 0.0601 e. The molecule has 17 heavy (non-hydrogen) atoms. The summed E-state index contributed by atoms with van der Waals surface area (Å²) in [5.74, 6) is 0.195. The normalized spacial score (nSPS) is 14.4. The van der Waals surface area contributed by atoms with Gasteiger partial charge in [-0.2, -0.15) is 0 Å². The topological polar surface area (TPSA) is 46.5 Å². The molecule has 0 saturated carbocycles. The van der Waals surface area contributed by atoms with Gasteiger partial charge in [-0.15, -0.1) is 0 Å². The van der Waals surface area contributed by atoms with Gasteiger partial charge in [-0.25, -0.2) is 0 Å². The Morgan fingerprint density at radius 2 is 1.76 bits per heavy atom. The molecule has 0 heterocycles. The minimum Gasteiger partial charge on any atom is -0.784 e. The predicted octanol–water partition coefficient (Wildman–Crippen LogP) is 2.95. The number of aliphatic hydroxyl groups is 1. The maximum absolute atomic E-state index is 12.4. The first kappa shape index (κ1) is 14.2. The largest absolute Gasteiger partial charge is 0.784 e. The van der Waals surface area contributed by atoms with Crippen LogP contribution in [0.3, 0.4) is 0 Å². The van der Waals surface area contributed by atoms with Gasteiger partial charge in [-0.1, -0.05) is 44.2 Å². The Hall–Kier alpha value is -0.900. The molecule has 0 amide bonds. The van der Waals surface area contributed by atoms with Gasteiger partial charge in [0.2, 0.25) is 0 Å². The van der Waals surface area contributed by atoms with Crippen LogP contribution in [-0.4, -0.2) is 22.3 Å². The van der Waals surface area contributed by atoms with Crippen molar-refractivity contribution in [2.75, 3.05) is 6.61 Å². The summed E-state index contributed by atoms with van der Waals surface area (Å²) in [5.41, 5.74) is 0.240. The minimum atomic E-state index is -0.759. The van der Waals surface area contributed by atoms with Gasteiger partial charge in [0.25, 0.3) is 0 Å². The van der Waals surface area contributed by atoms with Crippen LogP contribution in [0.4, 0.5) is 0 Å². The van der Waals surface area contributed by atoms with E-state index in [4.69, 9.17) is 0 Å². The lowest BCUT2D eigenvalue weighted by Crippen LogP contribution is -2.46. The zero-order chi connectivity index (χ0) is 13.1. The molecule has 0 aliphatic rings. The van der Waals surface area contributed by atoms with Crippen LogP contribution >= 0.6 is 0 Å². The molecule has 96 valence electrons. The fraction of sp³-hybridized carbons (Fsp3) is 0.571. The molecule has 0 spiro atoms. The van der Waals surface area contributed by atoms with Crippen molar-refractivity contribution in [1.29, 1.82) is 0 Å². The quantitative estimate of drug-likeness (QED) is 0.799. The summed E-state index contributed by atoms with van der Waals surface area (Å²) >= 11 is 0. The highest BCUT2D eigenvalue weighted by Crippen LogP contribution is 2.32. The van der Waals surface area contributed by atoms with Gasteiger partial charge in [0, 0.05) is 11.6 Å². The molecule has 0 aliphatic heterocycles. The molecular formula is C14H22NO2-. The van der Waals surface area contributed by atoms with E-state index >= 15 is 0 Å². The summed E-state index contributed by atoms with van der Waals surface area (Å²) in [5, 5.41) is 22.7. The van der Waals surface area contributed by atoms with E-state index in [1.165, 1.54) is 0 Å². The Bertz CT molecular complexity index is 335. The summed E-state index contributed by atoms with van der Waals surface area (Å²) in [6.07, 6.45) is 0. The molecule has 1 N–H and O–H groups in total. The molecule has 0 aliphatic carbocycles. The lowest BCUT2D eigenvalue weighted by atomic mass is 9.92. The van der Waals surface area contributed by atoms with Crippen LogP contribution in [0, 0.1) is 11.1 Å². The van der Waals surface area contributed by atoms with E-state index < -0.39 is 5.54 Å². The van der Waals surface area contributed by atoms with Gasteiger partial charge in [0.1, 0.15) is 0 Å². The Kier molecular flexibility index (Phi) is 4.69.